The van der Waals surface area contributed by atoms with Crippen LogP contribution in [0.25, 0.3) is 0 Å². The summed E-state index contributed by atoms with van der Waals surface area (Å²) in [4.78, 5) is 12.4. The normalized spacial score (nSPS) is 12.2. The van der Waals surface area contributed by atoms with Crippen molar-refractivity contribution in [1.29, 1.82) is 0 Å². The summed E-state index contributed by atoms with van der Waals surface area (Å²) in [6.45, 7) is 0. The number of halogens is 1. The molecule has 0 spiro atoms. The number of hydrogen-bond donors (Lipinski definition) is 1. The minimum absolute atomic E-state index is 0.0443. The Hall–Kier alpha value is -1.94. The van der Waals surface area contributed by atoms with Crippen molar-refractivity contribution < 1.29 is 21.6 Å². The average molecular weight is 417 g/mol. The fourth-order valence-electron chi connectivity index (χ4n) is 2.09. The van der Waals surface area contributed by atoms with Gasteiger partial charge in [0.05, 0.1) is 21.2 Å². The molecule has 0 aliphatic heterocycles. The Morgan fingerprint density at radius 2 is 1.65 bits per heavy atom. The number of para-hydroxylation sites is 1. The number of amides is 1. The van der Waals surface area contributed by atoms with Crippen LogP contribution in [-0.4, -0.2) is 47.4 Å². The van der Waals surface area contributed by atoms with Crippen LogP contribution >= 0.6 is 11.6 Å². The second-order valence-electron chi connectivity index (χ2n) is 5.65. The molecule has 0 radical (unpaired) electrons. The zero-order chi connectivity index (χ0) is 19.7. The third-order valence-electron chi connectivity index (χ3n) is 3.50. The molecule has 0 aliphatic rings. The molecule has 0 unspecified atom stereocenters. The summed E-state index contributed by atoms with van der Waals surface area (Å²) in [7, 11) is -4.57. The van der Waals surface area contributed by atoms with E-state index in [9.17, 15) is 21.6 Å². The molecule has 0 saturated carbocycles. The van der Waals surface area contributed by atoms with E-state index in [1.165, 1.54) is 44.4 Å². The molecule has 0 fully saturated rings. The van der Waals surface area contributed by atoms with Gasteiger partial charge in [-0.05, 0) is 30.3 Å². The van der Waals surface area contributed by atoms with Crippen molar-refractivity contribution in [3.63, 3.8) is 0 Å². The van der Waals surface area contributed by atoms with Gasteiger partial charge in [-0.2, -0.15) is 0 Å². The Labute approximate surface area is 157 Å². The van der Waals surface area contributed by atoms with Crippen LogP contribution in [0.5, 0.6) is 0 Å². The molecule has 2 rings (SSSR count). The second-order valence-corrected chi connectivity index (χ2v) is 10.2. The average Bonchev–Trinajstić information content (AvgIpc) is 2.54. The Balaban J connectivity index is 2.48. The Bertz CT molecular complexity index is 1060. The Morgan fingerprint density at radius 3 is 2.23 bits per heavy atom. The summed E-state index contributed by atoms with van der Waals surface area (Å²) in [5.74, 6) is -0.720. The van der Waals surface area contributed by atoms with Gasteiger partial charge in [0, 0.05) is 20.4 Å². The van der Waals surface area contributed by atoms with E-state index in [2.05, 4.69) is 5.32 Å². The van der Waals surface area contributed by atoms with Gasteiger partial charge in [-0.25, -0.2) is 21.1 Å². The predicted octanol–water partition coefficient (Wildman–Crippen LogP) is 2.25. The molecule has 1 amide bonds. The van der Waals surface area contributed by atoms with E-state index >= 15 is 0 Å². The second kappa shape index (κ2) is 7.36. The summed E-state index contributed by atoms with van der Waals surface area (Å²) in [5.41, 5.74) is -0.0151. The first kappa shape index (κ1) is 20.4. The van der Waals surface area contributed by atoms with Crippen molar-refractivity contribution >= 4 is 43.1 Å². The van der Waals surface area contributed by atoms with E-state index in [0.717, 1.165) is 16.6 Å². The van der Waals surface area contributed by atoms with Crippen molar-refractivity contribution in [2.24, 2.45) is 0 Å². The lowest BCUT2D eigenvalue weighted by molar-refractivity contribution is 0.102. The van der Waals surface area contributed by atoms with Crippen molar-refractivity contribution in [3.8, 4) is 0 Å². The molecule has 1 N–H and O–H groups in total. The maximum atomic E-state index is 12.6. The molecule has 0 bridgehead atoms. The van der Waals surface area contributed by atoms with Crippen LogP contribution in [0.3, 0.4) is 0 Å². The van der Waals surface area contributed by atoms with Gasteiger partial charge in [0.2, 0.25) is 10.0 Å². The summed E-state index contributed by atoms with van der Waals surface area (Å²) in [6, 6.07) is 9.63. The number of carbonyl (C=O) groups excluding carboxylic acids is 1. The topological polar surface area (TPSA) is 101 Å². The zero-order valence-electron chi connectivity index (χ0n) is 14.2. The van der Waals surface area contributed by atoms with Gasteiger partial charge in [-0.1, -0.05) is 23.7 Å². The Morgan fingerprint density at radius 1 is 1.04 bits per heavy atom. The molecule has 0 aliphatic carbocycles. The molecule has 2 aromatic rings. The number of nitrogens with one attached hydrogen (secondary N) is 1. The third kappa shape index (κ3) is 4.24. The molecule has 26 heavy (non-hydrogen) atoms. The maximum Gasteiger partial charge on any atom is 0.257 e. The summed E-state index contributed by atoms with van der Waals surface area (Å²) >= 11 is 6.01. The molecule has 7 nitrogen and oxygen atoms in total. The predicted molar refractivity (Wildman–Crippen MR) is 99.8 cm³/mol. The molecule has 140 valence electrons. The third-order valence-corrected chi connectivity index (χ3v) is 6.82. The Kier molecular flexibility index (Phi) is 5.76. The van der Waals surface area contributed by atoms with E-state index in [1.807, 2.05) is 0 Å². The van der Waals surface area contributed by atoms with E-state index in [0.29, 0.717) is 0 Å². The van der Waals surface area contributed by atoms with Gasteiger partial charge in [-0.15, -0.1) is 0 Å². The highest BCUT2D eigenvalue weighted by Gasteiger charge is 2.23. The molecule has 0 atom stereocenters. The molecule has 2 aromatic carbocycles. The van der Waals surface area contributed by atoms with Crippen molar-refractivity contribution in [2.45, 2.75) is 9.79 Å². The minimum Gasteiger partial charge on any atom is -0.321 e. The van der Waals surface area contributed by atoms with Crippen LogP contribution in [0.4, 0.5) is 5.69 Å². The monoisotopic (exact) mass is 416 g/mol. The van der Waals surface area contributed by atoms with Gasteiger partial charge in [0.25, 0.3) is 5.91 Å². The van der Waals surface area contributed by atoms with E-state index in [-0.39, 0.29) is 26.1 Å². The number of hydrogen-bond acceptors (Lipinski definition) is 5. The fourth-order valence-corrected chi connectivity index (χ4v) is 3.98. The van der Waals surface area contributed by atoms with Gasteiger partial charge < -0.3 is 5.32 Å². The van der Waals surface area contributed by atoms with E-state index in [4.69, 9.17) is 11.6 Å². The highest BCUT2D eigenvalue weighted by Crippen LogP contribution is 2.26. The number of anilines is 1. The fraction of sp³-hybridized carbons (Fsp3) is 0.188. The first-order chi connectivity index (χ1) is 11.9. The largest absolute Gasteiger partial charge is 0.321 e. The molecule has 0 aromatic heterocycles. The lowest BCUT2D eigenvalue weighted by Gasteiger charge is -2.16. The van der Waals surface area contributed by atoms with Crippen LogP contribution in [0, 0.1) is 0 Å². The molecule has 0 heterocycles. The van der Waals surface area contributed by atoms with Crippen molar-refractivity contribution in [3.05, 3.63) is 53.1 Å². The summed E-state index contributed by atoms with van der Waals surface area (Å²) < 4.78 is 49.2. The van der Waals surface area contributed by atoms with Crippen LogP contribution in [0.15, 0.2) is 52.3 Å². The van der Waals surface area contributed by atoms with Gasteiger partial charge in [0.1, 0.15) is 4.90 Å². The lowest BCUT2D eigenvalue weighted by Crippen LogP contribution is -2.24. The minimum atomic E-state index is -3.79. The zero-order valence-corrected chi connectivity index (χ0v) is 16.6. The van der Waals surface area contributed by atoms with Crippen molar-refractivity contribution in [2.75, 3.05) is 25.7 Å². The van der Waals surface area contributed by atoms with Crippen molar-refractivity contribution in [1.82, 2.24) is 4.31 Å². The first-order valence-corrected chi connectivity index (χ1v) is 11.0. The summed E-state index contributed by atoms with van der Waals surface area (Å²) in [6.07, 6.45) is 1.01. The van der Waals surface area contributed by atoms with Gasteiger partial charge in [0.15, 0.2) is 9.84 Å². The number of sulfone groups is 1. The summed E-state index contributed by atoms with van der Waals surface area (Å²) in [5, 5.41) is 2.53. The highest BCUT2D eigenvalue weighted by atomic mass is 35.5. The van der Waals surface area contributed by atoms with Crippen LogP contribution in [-0.2, 0) is 19.9 Å². The standard InChI is InChI=1S/C16H17ClN2O5S2/c1-19(2)26(23,24)15-7-5-4-6-14(15)18-16(20)12-10-11(25(3,21)22)8-9-13(12)17/h4-10H,1-3H3,(H,18,20). The maximum absolute atomic E-state index is 12.6. The van der Waals surface area contributed by atoms with Crippen LogP contribution < -0.4 is 5.32 Å². The van der Waals surface area contributed by atoms with Crippen LogP contribution in [0.1, 0.15) is 10.4 Å². The number of rotatable bonds is 5. The molecule has 10 heteroatoms. The number of benzene rings is 2. The molecule has 0 saturated heterocycles. The van der Waals surface area contributed by atoms with E-state index in [1.54, 1.807) is 6.07 Å². The molecular formula is C16H17ClN2O5S2. The van der Waals surface area contributed by atoms with Gasteiger partial charge in [-0.3, -0.25) is 4.79 Å². The smallest absolute Gasteiger partial charge is 0.257 e. The van der Waals surface area contributed by atoms with Crippen LogP contribution in [0.2, 0.25) is 5.02 Å². The van der Waals surface area contributed by atoms with E-state index < -0.39 is 25.8 Å². The highest BCUT2D eigenvalue weighted by molar-refractivity contribution is 7.90. The number of sulfonamides is 1. The first-order valence-electron chi connectivity index (χ1n) is 7.27. The number of carbonyl (C=O) groups is 1. The SMILES string of the molecule is CN(C)S(=O)(=O)c1ccccc1NC(=O)c1cc(S(C)(=O)=O)ccc1Cl. The van der Waals surface area contributed by atoms with Gasteiger partial charge >= 0.3 is 0 Å². The molecular weight excluding hydrogens is 400 g/mol. The lowest BCUT2D eigenvalue weighted by atomic mass is 10.2. The quantitative estimate of drug-likeness (QED) is 0.805. The number of nitrogens with zero attached hydrogens (tertiary/aromatic N) is 1.